The second-order valence-corrected chi connectivity index (χ2v) is 4.25. The van der Waals surface area contributed by atoms with Gasteiger partial charge in [-0.25, -0.2) is 0 Å². The number of hydrogen-bond acceptors (Lipinski definition) is 3. The summed E-state index contributed by atoms with van der Waals surface area (Å²) in [4.78, 5) is 1.21. The Balaban J connectivity index is 2.43. The lowest BCUT2D eigenvalue weighted by Gasteiger charge is -2.08. The van der Waals surface area contributed by atoms with Crippen molar-refractivity contribution in [3.05, 3.63) is 29.8 Å². The summed E-state index contributed by atoms with van der Waals surface area (Å²) < 4.78 is 5.16. The zero-order chi connectivity index (χ0) is 10.4. The monoisotopic (exact) mass is 212 g/mol. The molecule has 0 saturated heterocycles. The summed E-state index contributed by atoms with van der Waals surface area (Å²) in [6.07, 6.45) is 0.275. The van der Waals surface area contributed by atoms with E-state index in [-0.39, 0.29) is 12.7 Å². The molecule has 0 spiro atoms. The van der Waals surface area contributed by atoms with Gasteiger partial charge in [-0.3, -0.25) is 0 Å². The third kappa shape index (κ3) is 3.70. The molecule has 0 aliphatic rings. The van der Waals surface area contributed by atoms with Crippen molar-refractivity contribution < 1.29 is 9.84 Å². The SMILES string of the molecule is COC(C)CSc1ccc(CO)cc1. The molecule has 2 nitrogen and oxygen atoms in total. The van der Waals surface area contributed by atoms with Crippen molar-refractivity contribution in [1.82, 2.24) is 0 Å². The maximum Gasteiger partial charge on any atom is 0.0681 e. The highest BCUT2D eigenvalue weighted by atomic mass is 32.2. The molecule has 0 amide bonds. The van der Waals surface area contributed by atoms with Gasteiger partial charge in [0, 0.05) is 17.8 Å². The van der Waals surface area contributed by atoms with Gasteiger partial charge in [-0.15, -0.1) is 11.8 Å². The van der Waals surface area contributed by atoms with Crippen molar-refractivity contribution in [2.75, 3.05) is 12.9 Å². The van der Waals surface area contributed by atoms with E-state index >= 15 is 0 Å². The van der Waals surface area contributed by atoms with E-state index in [1.165, 1.54) is 4.90 Å². The van der Waals surface area contributed by atoms with E-state index < -0.39 is 0 Å². The summed E-state index contributed by atoms with van der Waals surface area (Å²) in [5.74, 6) is 0.953. The Morgan fingerprint density at radius 1 is 1.36 bits per heavy atom. The number of benzene rings is 1. The Kier molecular flexibility index (Phi) is 5.01. The number of aliphatic hydroxyl groups excluding tert-OH is 1. The van der Waals surface area contributed by atoms with E-state index in [1.807, 2.05) is 24.3 Å². The second kappa shape index (κ2) is 6.06. The van der Waals surface area contributed by atoms with Gasteiger partial charge in [0.05, 0.1) is 12.7 Å². The molecule has 0 aliphatic heterocycles. The van der Waals surface area contributed by atoms with Crippen LogP contribution in [-0.2, 0) is 11.3 Å². The molecule has 1 aromatic carbocycles. The number of ether oxygens (including phenoxy) is 1. The number of rotatable bonds is 5. The molecule has 0 aliphatic carbocycles. The Labute approximate surface area is 89.3 Å². The summed E-state index contributed by atoms with van der Waals surface area (Å²) in [5, 5.41) is 8.86. The molecule has 1 atom stereocenters. The molecular formula is C11H16O2S. The van der Waals surface area contributed by atoms with Crippen molar-refractivity contribution in [3.8, 4) is 0 Å². The fourth-order valence-corrected chi connectivity index (χ4v) is 1.86. The van der Waals surface area contributed by atoms with Crippen LogP contribution in [0.2, 0.25) is 0 Å². The van der Waals surface area contributed by atoms with E-state index in [0.29, 0.717) is 0 Å². The fraction of sp³-hybridized carbons (Fsp3) is 0.455. The highest BCUT2D eigenvalue weighted by Crippen LogP contribution is 2.19. The van der Waals surface area contributed by atoms with E-state index in [9.17, 15) is 0 Å². The van der Waals surface area contributed by atoms with Crippen LogP contribution in [0.4, 0.5) is 0 Å². The van der Waals surface area contributed by atoms with Crippen molar-refractivity contribution >= 4 is 11.8 Å². The van der Waals surface area contributed by atoms with Gasteiger partial charge in [0.1, 0.15) is 0 Å². The Morgan fingerprint density at radius 2 is 2.00 bits per heavy atom. The highest BCUT2D eigenvalue weighted by molar-refractivity contribution is 7.99. The molecule has 0 radical (unpaired) electrons. The first-order chi connectivity index (χ1) is 6.76. The van der Waals surface area contributed by atoms with Gasteiger partial charge in [0.25, 0.3) is 0 Å². The van der Waals surface area contributed by atoms with Crippen LogP contribution in [0.3, 0.4) is 0 Å². The largest absolute Gasteiger partial charge is 0.392 e. The van der Waals surface area contributed by atoms with Crippen LogP contribution < -0.4 is 0 Å². The molecule has 1 aromatic rings. The van der Waals surface area contributed by atoms with Gasteiger partial charge >= 0.3 is 0 Å². The predicted octanol–water partition coefficient (Wildman–Crippen LogP) is 2.31. The lowest BCUT2D eigenvalue weighted by atomic mass is 10.2. The van der Waals surface area contributed by atoms with Crippen molar-refractivity contribution in [2.24, 2.45) is 0 Å². The second-order valence-electron chi connectivity index (χ2n) is 3.16. The number of thioether (sulfide) groups is 1. The van der Waals surface area contributed by atoms with Gasteiger partial charge in [0.2, 0.25) is 0 Å². The minimum atomic E-state index is 0.111. The quantitative estimate of drug-likeness (QED) is 0.759. The molecule has 1 unspecified atom stereocenters. The molecular weight excluding hydrogens is 196 g/mol. The molecule has 3 heteroatoms. The summed E-state index contributed by atoms with van der Waals surface area (Å²) in [6, 6.07) is 7.94. The van der Waals surface area contributed by atoms with Crippen LogP contribution in [-0.4, -0.2) is 24.1 Å². The zero-order valence-electron chi connectivity index (χ0n) is 8.56. The minimum Gasteiger partial charge on any atom is -0.392 e. The minimum absolute atomic E-state index is 0.111. The maximum atomic E-state index is 8.86. The standard InChI is InChI=1S/C11H16O2S/c1-9(13-2)8-14-11-5-3-10(7-12)4-6-11/h3-6,9,12H,7-8H2,1-2H3. The lowest BCUT2D eigenvalue weighted by molar-refractivity contribution is 0.138. The lowest BCUT2D eigenvalue weighted by Crippen LogP contribution is -2.07. The van der Waals surface area contributed by atoms with Crippen LogP contribution in [0.1, 0.15) is 12.5 Å². The summed E-state index contributed by atoms with van der Waals surface area (Å²) in [5.41, 5.74) is 0.953. The smallest absolute Gasteiger partial charge is 0.0681 e. The maximum absolute atomic E-state index is 8.86. The molecule has 0 fully saturated rings. The van der Waals surface area contributed by atoms with Crippen LogP contribution in [0.5, 0.6) is 0 Å². The molecule has 0 saturated carbocycles. The van der Waals surface area contributed by atoms with E-state index in [1.54, 1.807) is 18.9 Å². The van der Waals surface area contributed by atoms with Crippen molar-refractivity contribution in [1.29, 1.82) is 0 Å². The van der Waals surface area contributed by atoms with Gasteiger partial charge in [-0.1, -0.05) is 12.1 Å². The Hall–Kier alpha value is -0.510. The first-order valence-corrected chi connectivity index (χ1v) is 5.60. The molecule has 0 aromatic heterocycles. The predicted molar refractivity (Wildman–Crippen MR) is 59.6 cm³/mol. The molecule has 14 heavy (non-hydrogen) atoms. The van der Waals surface area contributed by atoms with Gasteiger partial charge in [-0.2, -0.15) is 0 Å². The van der Waals surface area contributed by atoms with Gasteiger partial charge in [0.15, 0.2) is 0 Å². The number of methoxy groups -OCH3 is 1. The molecule has 78 valence electrons. The summed E-state index contributed by atoms with van der Waals surface area (Å²) in [6.45, 7) is 2.16. The highest BCUT2D eigenvalue weighted by Gasteiger charge is 2.00. The van der Waals surface area contributed by atoms with Crippen LogP contribution in [0, 0.1) is 0 Å². The topological polar surface area (TPSA) is 29.5 Å². The number of hydrogen-bond donors (Lipinski definition) is 1. The van der Waals surface area contributed by atoms with Gasteiger partial charge in [-0.05, 0) is 24.6 Å². The summed E-state index contributed by atoms with van der Waals surface area (Å²) >= 11 is 1.77. The molecule has 0 heterocycles. The molecule has 1 N–H and O–H groups in total. The normalized spacial score (nSPS) is 12.8. The van der Waals surface area contributed by atoms with Crippen molar-refractivity contribution in [2.45, 2.75) is 24.5 Å². The fourth-order valence-electron chi connectivity index (χ4n) is 0.973. The first-order valence-electron chi connectivity index (χ1n) is 4.61. The van der Waals surface area contributed by atoms with Crippen LogP contribution >= 0.6 is 11.8 Å². The van der Waals surface area contributed by atoms with E-state index in [4.69, 9.17) is 9.84 Å². The zero-order valence-corrected chi connectivity index (χ0v) is 9.38. The molecule has 0 bridgehead atoms. The summed E-state index contributed by atoms with van der Waals surface area (Å²) in [7, 11) is 1.72. The average Bonchev–Trinajstić information content (AvgIpc) is 2.26. The van der Waals surface area contributed by atoms with E-state index in [2.05, 4.69) is 6.92 Å². The molecule has 1 rings (SSSR count). The average molecular weight is 212 g/mol. The Bertz CT molecular complexity index is 258. The third-order valence-electron chi connectivity index (χ3n) is 1.99. The third-order valence-corrected chi connectivity index (χ3v) is 3.23. The van der Waals surface area contributed by atoms with Crippen molar-refractivity contribution in [3.63, 3.8) is 0 Å². The number of aliphatic hydroxyl groups is 1. The van der Waals surface area contributed by atoms with Crippen LogP contribution in [0.15, 0.2) is 29.2 Å². The van der Waals surface area contributed by atoms with Gasteiger partial charge < -0.3 is 9.84 Å². The van der Waals surface area contributed by atoms with Crippen LogP contribution in [0.25, 0.3) is 0 Å². The van der Waals surface area contributed by atoms with E-state index in [0.717, 1.165) is 11.3 Å². The first kappa shape index (κ1) is 11.6. The Morgan fingerprint density at radius 3 is 2.50 bits per heavy atom.